The van der Waals surface area contributed by atoms with Gasteiger partial charge in [0.2, 0.25) is 11.8 Å². The van der Waals surface area contributed by atoms with Gasteiger partial charge >= 0.3 is 0 Å². The molecule has 1 aromatic carbocycles. The molecule has 130 valence electrons. The summed E-state index contributed by atoms with van der Waals surface area (Å²) < 4.78 is 16.1. The Morgan fingerprint density at radius 2 is 1.92 bits per heavy atom. The van der Waals surface area contributed by atoms with Crippen LogP contribution in [0.25, 0.3) is 11.5 Å². The maximum atomic E-state index is 11.9. The summed E-state index contributed by atoms with van der Waals surface area (Å²) >= 11 is 1.22. The highest BCUT2D eigenvalue weighted by atomic mass is 32.2. The highest BCUT2D eigenvalue weighted by Crippen LogP contribution is 2.31. The Labute approximate surface area is 145 Å². The van der Waals surface area contributed by atoms with Gasteiger partial charge in [0, 0.05) is 18.2 Å². The zero-order valence-electron chi connectivity index (χ0n) is 14.2. The van der Waals surface area contributed by atoms with Gasteiger partial charge in [0.05, 0.1) is 19.5 Å². The molecule has 1 aromatic heterocycles. The van der Waals surface area contributed by atoms with E-state index in [1.165, 1.54) is 11.8 Å². The fourth-order valence-electron chi connectivity index (χ4n) is 1.90. The average molecular weight is 351 g/mol. The van der Waals surface area contributed by atoms with Crippen molar-refractivity contribution in [3.8, 4) is 23.0 Å². The summed E-state index contributed by atoms with van der Waals surface area (Å²) in [4.78, 5) is 11.9. The lowest BCUT2D eigenvalue weighted by molar-refractivity contribution is -0.120. The van der Waals surface area contributed by atoms with Crippen LogP contribution in [0.5, 0.6) is 11.5 Å². The average Bonchev–Trinajstić information content (AvgIpc) is 3.07. The van der Waals surface area contributed by atoms with E-state index in [1.807, 2.05) is 6.92 Å². The molecule has 2 rings (SSSR count). The number of carbonyl (C=O) groups excluding carboxylic acids is 1. The third-order valence-corrected chi connectivity index (χ3v) is 4.14. The number of ether oxygens (including phenoxy) is 2. The molecule has 1 N–H and O–H groups in total. The number of aromatic nitrogens is 2. The first-order valence-corrected chi connectivity index (χ1v) is 8.46. The van der Waals surface area contributed by atoms with Gasteiger partial charge in [-0.25, -0.2) is 0 Å². The highest BCUT2D eigenvalue weighted by Gasteiger charge is 2.18. The van der Waals surface area contributed by atoms with Crippen molar-refractivity contribution in [3.05, 3.63) is 18.2 Å². The minimum Gasteiger partial charge on any atom is -0.497 e. The summed E-state index contributed by atoms with van der Waals surface area (Å²) in [5, 5.41) is 10.9. The van der Waals surface area contributed by atoms with E-state index >= 15 is 0 Å². The monoisotopic (exact) mass is 351 g/mol. The molecule has 2 aromatic rings. The van der Waals surface area contributed by atoms with Crippen molar-refractivity contribution >= 4 is 17.7 Å². The molecule has 24 heavy (non-hydrogen) atoms. The van der Waals surface area contributed by atoms with Crippen LogP contribution < -0.4 is 14.8 Å². The van der Waals surface area contributed by atoms with Gasteiger partial charge in [-0.3, -0.25) is 4.79 Å². The van der Waals surface area contributed by atoms with Gasteiger partial charge < -0.3 is 19.2 Å². The van der Waals surface area contributed by atoms with Crippen LogP contribution in [0, 0.1) is 0 Å². The summed E-state index contributed by atoms with van der Waals surface area (Å²) in [5.74, 6) is 1.55. The maximum absolute atomic E-state index is 11.9. The number of nitrogens with zero attached hydrogens (tertiary/aromatic N) is 2. The molecule has 0 spiro atoms. The summed E-state index contributed by atoms with van der Waals surface area (Å²) in [7, 11) is 3.15. The van der Waals surface area contributed by atoms with E-state index in [0.717, 1.165) is 6.42 Å². The Hall–Kier alpha value is -2.22. The summed E-state index contributed by atoms with van der Waals surface area (Å²) in [6.07, 6.45) is 0.894. The second-order valence-corrected chi connectivity index (χ2v) is 6.32. The molecule has 1 amide bonds. The van der Waals surface area contributed by atoms with Gasteiger partial charge in [-0.2, -0.15) is 0 Å². The molecule has 0 aliphatic heterocycles. The Morgan fingerprint density at radius 3 is 2.50 bits per heavy atom. The van der Waals surface area contributed by atoms with Crippen molar-refractivity contribution in [2.75, 3.05) is 20.8 Å². The molecule has 1 atom stereocenters. The van der Waals surface area contributed by atoms with Gasteiger partial charge in [0.25, 0.3) is 5.22 Å². The zero-order valence-corrected chi connectivity index (χ0v) is 15.0. The van der Waals surface area contributed by atoms with Gasteiger partial charge in [-0.1, -0.05) is 18.7 Å². The molecule has 0 aliphatic rings. The number of amides is 1. The number of carbonyl (C=O) groups is 1. The van der Waals surface area contributed by atoms with Crippen LogP contribution in [-0.2, 0) is 4.79 Å². The van der Waals surface area contributed by atoms with E-state index in [1.54, 1.807) is 39.3 Å². The van der Waals surface area contributed by atoms with Crippen molar-refractivity contribution in [3.63, 3.8) is 0 Å². The molecule has 0 bridgehead atoms. The summed E-state index contributed by atoms with van der Waals surface area (Å²) in [6, 6.07) is 5.32. The largest absolute Gasteiger partial charge is 0.497 e. The second-order valence-electron chi connectivity index (χ2n) is 5.03. The van der Waals surface area contributed by atoms with Crippen molar-refractivity contribution in [1.29, 1.82) is 0 Å². The first-order chi connectivity index (χ1) is 11.6. The molecule has 7 nitrogen and oxygen atoms in total. The van der Waals surface area contributed by atoms with Crippen LogP contribution >= 0.6 is 11.8 Å². The Balaban J connectivity index is 2.11. The number of thioether (sulfide) groups is 1. The first-order valence-electron chi connectivity index (χ1n) is 7.58. The van der Waals surface area contributed by atoms with Crippen LogP contribution in [-0.4, -0.2) is 42.1 Å². The molecule has 0 aliphatic carbocycles. The summed E-state index contributed by atoms with van der Waals surface area (Å²) in [5.41, 5.74) is 0.689. The number of benzene rings is 1. The summed E-state index contributed by atoms with van der Waals surface area (Å²) in [6.45, 7) is 4.46. The van der Waals surface area contributed by atoms with Gasteiger partial charge in [-0.15, -0.1) is 10.2 Å². The lowest BCUT2D eigenvalue weighted by Gasteiger charge is -2.08. The lowest BCUT2D eigenvalue weighted by Crippen LogP contribution is -2.31. The number of nitrogens with one attached hydrogen (secondary N) is 1. The van der Waals surface area contributed by atoms with E-state index in [9.17, 15) is 4.79 Å². The second kappa shape index (κ2) is 8.58. The van der Waals surface area contributed by atoms with Crippen LogP contribution in [0.4, 0.5) is 0 Å². The molecule has 8 heteroatoms. The van der Waals surface area contributed by atoms with Crippen LogP contribution in [0.15, 0.2) is 27.8 Å². The van der Waals surface area contributed by atoms with Gasteiger partial charge in [0.1, 0.15) is 11.5 Å². The van der Waals surface area contributed by atoms with E-state index in [0.29, 0.717) is 34.7 Å². The van der Waals surface area contributed by atoms with Crippen molar-refractivity contribution in [2.45, 2.75) is 30.7 Å². The third-order valence-electron chi connectivity index (χ3n) is 3.20. The minimum absolute atomic E-state index is 0.0513. The molecule has 0 unspecified atom stereocenters. The molecular weight excluding hydrogens is 330 g/mol. The van der Waals surface area contributed by atoms with Crippen LogP contribution in [0.3, 0.4) is 0 Å². The van der Waals surface area contributed by atoms with Gasteiger partial charge in [-0.05, 0) is 25.5 Å². The third kappa shape index (κ3) is 4.64. The quantitative estimate of drug-likeness (QED) is 0.732. The Kier molecular flexibility index (Phi) is 6.48. The topological polar surface area (TPSA) is 86.5 Å². The number of hydrogen-bond acceptors (Lipinski definition) is 7. The first kappa shape index (κ1) is 18.1. The molecule has 0 saturated heterocycles. The van der Waals surface area contributed by atoms with Crippen molar-refractivity contribution < 1.29 is 18.7 Å². The Morgan fingerprint density at radius 1 is 1.25 bits per heavy atom. The van der Waals surface area contributed by atoms with Crippen molar-refractivity contribution in [2.24, 2.45) is 0 Å². The molecule has 0 radical (unpaired) electrons. The molecule has 0 saturated carbocycles. The normalized spacial score (nSPS) is 11.8. The standard InChI is InChI=1S/C16H21N3O4S/c1-5-6-17-14(20)10(2)24-16-19-18-15(23-16)11-7-12(21-3)9-13(8-11)22-4/h7-10H,5-6H2,1-4H3,(H,17,20)/t10-/m1/s1. The van der Waals surface area contributed by atoms with E-state index in [2.05, 4.69) is 15.5 Å². The van der Waals surface area contributed by atoms with E-state index in [-0.39, 0.29) is 11.2 Å². The van der Waals surface area contributed by atoms with Crippen molar-refractivity contribution in [1.82, 2.24) is 15.5 Å². The minimum atomic E-state index is -0.315. The van der Waals surface area contributed by atoms with E-state index < -0.39 is 0 Å². The molecule has 1 heterocycles. The van der Waals surface area contributed by atoms with E-state index in [4.69, 9.17) is 13.9 Å². The zero-order chi connectivity index (χ0) is 17.5. The highest BCUT2D eigenvalue weighted by molar-refractivity contribution is 8.00. The SMILES string of the molecule is CCCNC(=O)[C@@H](C)Sc1nnc(-c2cc(OC)cc(OC)c2)o1. The maximum Gasteiger partial charge on any atom is 0.277 e. The number of hydrogen-bond donors (Lipinski definition) is 1. The van der Waals surface area contributed by atoms with Crippen LogP contribution in [0.1, 0.15) is 20.3 Å². The van der Waals surface area contributed by atoms with Crippen LogP contribution in [0.2, 0.25) is 0 Å². The number of methoxy groups -OCH3 is 2. The van der Waals surface area contributed by atoms with Gasteiger partial charge in [0.15, 0.2) is 0 Å². The lowest BCUT2D eigenvalue weighted by atomic mass is 10.2. The Bertz CT molecular complexity index is 667. The number of rotatable bonds is 8. The fraction of sp³-hybridized carbons (Fsp3) is 0.438. The fourth-order valence-corrected chi connectivity index (χ4v) is 2.61. The molecular formula is C16H21N3O4S. The predicted octanol–water partition coefficient (Wildman–Crippen LogP) is 2.76. The molecule has 0 fully saturated rings. The predicted molar refractivity (Wildman–Crippen MR) is 91.5 cm³/mol. The smallest absolute Gasteiger partial charge is 0.277 e.